The molecule has 0 radical (unpaired) electrons. The van der Waals surface area contributed by atoms with E-state index in [1.807, 2.05) is 12.1 Å². The fourth-order valence-electron chi connectivity index (χ4n) is 2.66. The Labute approximate surface area is 174 Å². The lowest BCUT2D eigenvalue weighted by atomic mass is 10.2. The summed E-state index contributed by atoms with van der Waals surface area (Å²) in [7, 11) is -3.79. The average molecular weight is 448 g/mol. The Bertz CT molecular complexity index is 1350. The molecular weight excluding hydrogens is 434 g/mol. The number of aromatic amines is 1. The lowest BCUT2D eigenvalue weighted by Gasteiger charge is -2.06. The second-order valence-electron chi connectivity index (χ2n) is 6.12. The number of fused-ring (bicyclic) bond motifs is 1. The van der Waals surface area contributed by atoms with Gasteiger partial charge < -0.3 is 4.98 Å². The van der Waals surface area contributed by atoms with E-state index in [-0.39, 0.29) is 10.5 Å². The fraction of sp³-hybridized carbons (Fsp3) is 0.0556. The predicted octanol–water partition coefficient (Wildman–Crippen LogP) is 2.70. The van der Waals surface area contributed by atoms with Crippen LogP contribution in [-0.4, -0.2) is 28.2 Å². The Balaban J connectivity index is 1.67. The van der Waals surface area contributed by atoms with Crippen LogP contribution in [0.2, 0.25) is 5.02 Å². The van der Waals surface area contributed by atoms with E-state index in [4.69, 9.17) is 16.7 Å². The van der Waals surface area contributed by atoms with Gasteiger partial charge in [0.1, 0.15) is 5.39 Å². The summed E-state index contributed by atoms with van der Waals surface area (Å²) in [5, 5.41) is 10.8. The summed E-state index contributed by atoms with van der Waals surface area (Å²) in [5.41, 5.74) is 1.66. The van der Waals surface area contributed by atoms with Crippen LogP contribution >= 0.6 is 23.4 Å². The lowest BCUT2D eigenvalue weighted by Crippen LogP contribution is -2.12. The number of rotatable bonds is 5. The second kappa shape index (κ2) is 7.64. The standard InChI is InChI=1S/C18H14ClN5O3S2/c19-12-3-1-11(2-4-12)10-28-18-22-16-15(17(25)23-18)9-21-24(16)13-5-7-14(8-6-13)29(20,26)27/h1-9H,10H2,(H2,20,26,27)(H,22,23,25). The van der Waals surface area contributed by atoms with E-state index in [1.165, 1.54) is 34.8 Å². The third kappa shape index (κ3) is 4.20. The third-order valence-corrected chi connectivity index (χ3v) is 6.24. The maximum Gasteiger partial charge on any atom is 0.262 e. The van der Waals surface area contributed by atoms with Crippen LogP contribution in [-0.2, 0) is 15.8 Å². The fourth-order valence-corrected chi connectivity index (χ4v) is 4.12. The molecule has 0 aliphatic carbocycles. The van der Waals surface area contributed by atoms with Crippen molar-refractivity contribution in [3.05, 3.63) is 75.7 Å². The molecule has 2 aromatic carbocycles. The maximum atomic E-state index is 12.4. The molecule has 2 heterocycles. The van der Waals surface area contributed by atoms with Gasteiger partial charge in [-0.3, -0.25) is 4.79 Å². The highest BCUT2D eigenvalue weighted by molar-refractivity contribution is 7.98. The van der Waals surface area contributed by atoms with Crippen LogP contribution in [0.3, 0.4) is 0 Å². The average Bonchev–Trinajstić information content (AvgIpc) is 3.11. The first-order valence-corrected chi connectivity index (χ1v) is 11.2. The molecule has 3 N–H and O–H groups in total. The molecule has 4 aromatic rings. The summed E-state index contributed by atoms with van der Waals surface area (Å²) in [4.78, 5) is 19.7. The van der Waals surface area contributed by atoms with Gasteiger partial charge in [0.05, 0.1) is 16.8 Å². The number of aromatic nitrogens is 4. The smallest absolute Gasteiger partial charge is 0.262 e. The number of hydrogen-bond acceptors (Lipinski definition) is 6. The van der Waals surface area contributed by atoms with Gasteiger partial charge in [-0.15, -0.1) is 0 Å². The van der Waals surface area contributed by atoms with E-state index in [9.17, 15) is 13.2 Å². The molecule has 4 rings (SSSR count). The zero-order valence-electron chi connectivity index (χ0n) is 14.7. The Morgan fingerprint density at radius 1 is 1.10 bits per heavy atom. The minimum atomic E-state index is -3.79. The topological polar surface area (TPSA) is 124 Å². The highest BCUT2D eigenvalue weighted by Crippen LogP contribution is 2.22. The van der Waals surface area contributed by atoms with Crippen molar-refractivity contribution in [3.8, 4) is 5.69 Å². The van der Waals surface area contributed by atoms with Gasteiger partial charge in [0.15, 0.2) is 10.8 Å². The van der Waals surface area contributed by atoms with Crippen molar-refractivity contribution in [1.82, 2.24) is 19.7 Å². The molecule has 29 heavy (non-hydrogen) atoms. The van der Waals surface area contributed by atoms with Crippen molar-refractivity contribution in [2.45, 2.75) is 15.8 Å². The van der Waals surface area contributed by atoms with Gasteiger partial charge in [-0.25, -0.2) is 23.2 Å². The largest absolute Gasteiger partial charge is 0.301 e. The van der Waals surface area contributed by atoms with Crippen molar-refractivity contribution >= 4 is 44.4 Å². The van der Waals surface area contributed by atoms with Crippen LogP contribution in [0.1, 0.15) is 5.56 Å². The number of thioether (sulfide) groups is 1. The third-order valence-electron chi connectivity index (χ3n) is 4.12. The minimum Gasteiger partial charge on any atom is -0.301 e. The molecule has 0 saturated carbocycles. The monoisotopic (exact) mass is 447 g/mol. The summed E-state index contributed by atoms with van der Waals surface area (Å²) in [6, 6.07) is 13.3. The molecule has 2 aromatic heterocycles. The second-order valence-corrected chi connectivity index (χ2v) is 9.08. The first-order valence-electron chi connectivity index (χ1n) is 8.30. The minimum absolute atomic E-state index is 0.0114. The van der Waals surface area contributed by atoms with Gasteiger partial charge >= 0.3 is 0 Å². The quantitative estimate of drug-likeness (QED) is 0.358. The van der Waals surface area contributed by atoms with E-state index in [1.54, 1.807) is 24.3 Å². The molecule has 0 aliphatic heterocycles. The molecule has 0 fully saturated rings. The van der Waals surface area contributed by atoms with E-state index in [0.29, 0.717) is 32.7 Å². The lowest BCUT2D eigenvalue weighted by molar-refractivity contribution is 0.598. The van der Waals surface area contributed by atoms with Crippen molar-refractivity contribution in [1.29, 1.82) is 0 Å². The SMILES string of the molecule is NS(=O)(=O)c1ccc(-n2ncc3c(=O)[nH]c(SCc4ccc(Cl)cc4)nc32)cc1. The molecular formula is C18H14ClN5O3S2. The number of H-pyrrole nitrogens is 1. The summed E-state index contributed by atoms with van der Waals surface area (Å²) >= 11 is 7.27. The van der Waals surface area contributed by atoms with Gasteiger partial charge in [-0.2, -0.15) is 5.10 Å². The maximum absolute atomic E-state index is 12.4. The summed E-state index contributed by atoms with van der Waals surface area (Å²) < 4.78 is 24.3. The number of nitrogens with one attached hydrogen (secondary N) is 1. The molecule has 8 nitrogen and oxygen atoms in total. The van der Waals surface area contributed by atoms with Gasteiger partial charge in [0.2, 0.25) is 10.0 Å². The highest BCUT2D eigenvalue weighted by atomic mass is 35.5. The normalized spacial score (nSPS) is 11.8. The van der Waals surface area contributed by atoms with Crippen LogP contribution in [0.4, 0.5) is 0 Å². The van der Waals surface area contributed by atoms with Gasteiger partial charge in [-0.1, -0.05) is 35.5 Å². The van der Waals surface area contributed by atoms with Crippen LogP contribution in [0.5, 0.6) is 0 Å². The number of halogens is 1. The van der Waals surface area contributed by atoms with E-state index < -0.39 is 10.0 Å². The van der Waals surface area contributed by atoms with E-state index in [0.717, 1.165) is 5.56 Å². The molecule has 0 bridgehead atoms. The van der Waals surface area contributed by atoms with Crippen LogP contribution < -0.4 is 10.7 Å². The van der Waals surface area contributed by atoms with E-state index in [2.05, 4.69) is 15.1 Å². The number of nitrogens with two attached hydrogens (primary N) is 1. The first kappa shape index (κ1) is 19.6. The molecule has 0 amide bonds. The number of nitrogens with zero attached hydrogens (tertiary/aromatic N) is 3. The van der Waals surface area contributed by atoms with Gasteiger partial charge in [0.25, 0.3) is 5.56 Å². The molecule has 0 unspecified atom stereocenters. The van der Waals surface area contributed by atoms with Crippen molar-refractivity contribution in [2.24, 2.45) is 5.14 Å². The molecule has 11 heteroatoms. The van der Waals surface area contributed by atoms with Crippen molar-refractivity contribution in [3.63, 3.8) is 0 Å². The molecule has 0 saturated heterocycles. The number of benzene rings is 2. The van der Waals surface area contributed by atoms with Crippen LogP contribution in [0.15, 0.2) is 69.6 Å². The molecule has 148 valence electrons. The van der Waals surface area contributed by atoms with Crippen LogP contribution in [0.25, 0.3) is 16.7 Å². The predicted molar refractivity (Wildman–Crippen MR) is 112 cm³/mol. The highest BCUT2D eigenvalue weighted by Gasteiger charge is 2.13. The first-order chi connectivity index (χ1) is 13.8. The summed E-state index contributed by atoms with van der Waals surface area (Å²) in [5.74, 6) is 0.600. The summed E-state index contributed by atoms with van der Waals surface area (Å²) in [6.45, 7) is 0. The zero-order valence-corrected chi connectivity index (χ0v) is 17.1. The Hall–Kier alpha value is -2.66. The summed E-state index contributed by atoms with van der Waals surface area (Å²) in [6.07, 6.45) is 1.42. The molecule has 0 spiro atoms. The Morgan fingerprint density at radius 2 is 1.79 bits per heavy atom. The van der Waals surface area contributed by atoms with Gasteiger partial charge in [-0.05, 0) is 42.0 Å². The zero-order chi connectivity index (χ0) is 20.6. The van der Waals surface area contributed by atoms with Gasteiger partial charge in [0, 0.05) is 10.8 Å². The van der Waals surface area contributed by atoms with Crippen molar-refractivity contribution < 1.29 is 8.42 Å². The Morgan fingerprint density at radius 3 is 2.45 bits per heavy atom. The number of sulfonamides is 1. The van der Waals surface area contributed by atoms with Crippen LogP contribution in [0, 0.1) is 0 Å². The number of primary sulfonamides is 1. The Kier molecular flexibility index (Phi) is 5.17. The number of hydrogen-bond donors (Lipinski definition) is 2. The van der Waals surface area contributed by atoms with Crippen molar-refractivity contribution in [2.75, 3.05) is 0 Å². The molecule has 0 aliphatic rings. The molecule has 0 atom stereocenters. The van der Waals surface area contributed by atoms with E-state index >= 15 is 0 Å².